The monoisotopic (exact) mass is 242 g/mol. The first-order valence-electron chi connectivity index (χ1n) is 6.72. The van der Waals surface area contributed by atoms with Crippen molar-refractivity contribution >= 4 is 5.69 Å². The first-order valence-corrected chi connectivity index (χ1v) is 6.72. The number of nitriles is 1. The Morgan fingerprint density at radius 1 is 1.28 bits per heavy atom. The SMILES string of the molecule is N#Cc1cc(CO)ccc1N(CC1CC1)C1CC1. The smallest absolute Gasteiger partial charge is 0.101 e. The number of aliphatic hydroxyl groups is 1. The zero-order valence-corrected chi connectivity index (χ0v) is 10.5. The fraction of sp³-hybridized carbons (Fsp3) is 0.533. The van der Waals surface area contributed by atoms with Crippen molar-refractivity contribution in [2.24, 2.45) is 5.92 Å². The van der Waals surface area contributed by atoms with Crippen LogP contribution in [0.3, 0.4) is 0 Å². The summed E-state index contributed by atoms with van der Waals surface area (Å²) in [5, 5.41) is 18.4. The van der Waals surface area contributed by atoms with Crippen LogP contribution in [0, 0.1) is 17.2 Å². The van der Waals surface area contributed by atoms with Crippen molar-refractivity contribution in [2.75, 3.05) is 11.4 Å². The van der Waals surface area contributed by atoms with Crippen molar-refractivity contribution in [3.05, 3.63) is 29.3 Å². The van der Waals surface area contributed by atoms with Crippen LogP contribution in [0.5, 0.6) is 0 Å². The van der Waals surface area contributed by atoms with Crippen molar-refractivity contribution in [1.29, 1.82) is 5.26 Å². The molecule has 2 aliphatic carbocycles. The lowest BCUT2D eigenvalue weighted by molar-refractivity contribution is 0.282. The molecular formula is C15H18N2O. The van der Waals surface area contributed by atoms with Crippen LogP contribution in [0.15, 0.2) is 18.2 Å². The van der Waals surface area contributed by atoms with Crippen LogP contribution in [0.4, 0.5) is 5.69 Å². The topological polar surface area (TPSA) is 47.3 Å². The van der Waals surface area contributed by atoms with E-state index < -0.39 is 0 Å². The molecule has 0 aromatic heterocycles. The summed E-state index contributed by atoms with van der Waals surface area (Å²) in [5.41, 5.74) is 2.58. The molecule has 2 fully saturated rings. The Morgan fingerprint density at radius 2 is 2.06 bits per heavy atom. The molecule has 18 heavy (non-hydrogen) atoms. The molecule has 0 heterocycles. The Bertz CT molecular complexity index is 484. The molecule has 2 aliphatic rings. The van der Waals surface area contributed by atoms with Crippen LogP contribution >= 0.6 is 0 Å². The van der Waals surface area contributed by atoms with Crippen LogP contribution in [-0.2, 0) is 6.61 Å². The van der Waals surface area contributed by atoms with Gasteiger partial charge >= 0.3 is 0 Å². The van der Waals surface area contributed by atoms with E-state index in [9.17, 15) is 5.26 Å². The number of rotatable bonds is 5. The van der Waals surface area contributed by atoms with Gasteiger partial charge in [0.05, 0.1) is 17.9 Å². The fourth-order valence-electron chi connectivity index (χ4n) is 2.43. The number of aliphatic hydroxyl groups excluding tert-OH is 1. The van der Waals surface area contributed by atoms with Gasteiger partial charge < -0.3 is 10.0 Å². The van der Waals surface area contributed by atoms with E-state index in [4.69, 9.17) is 5.11 Å². The van der Waals surface area contributed by atoms with Crippen LogP contribution in [0.1, 0.15) is 36.8 Å². The third-order valence-electron chi connectivity index (χ3n) is 3.81. The minimum absolute atomic E-state index is 0.00101. The molecule has 0 saturated heterocycles. The molecule has 3 rings (SSSR count). The maximum atomic E-state index is 9.28. The molecule has 0 spiro atoms. The van der Waals surface area contributed by atoms with E-state index in [-0.39, 0.29) is 6.61 Å². The van der Waals surface area contributed by atoms with E-state index in [1.807, 2.05) is 18.2 Å². The molecule has 0 amide bonds. The summed E-state index contributed by atoms with van der Waals surface area (Å²) >= 11 is 0. The van der Waals surface area contributed by atoms with Gasteiger partial charge in [0.2, 0.25) is 0 Å². The fourth-order valence-corrected chi connectivity index (χ4v) is 2.43. The number of hydrogen-bond donors (Lipinski definition) is 1. The van der Waals surface area contributed by atoms with Crippen molar-refractivity contribution in [1.82, 2.24) is 0 Å². The van der Waals surface area contributed by atoms with Crippen LogP contribution in [0.25, 0.3) is 0 Å². The minimum Gasteiger partial charge on any atom is -0.392 e. The zero-order chi connectivity index (χ0) is 12.5. The number of anilines is 1. The normalized spacial score (nSPS) is 18.4. The molecule has 0 atom stereocenters. The highest BCUT2D eigenvalue weighted by Gasteiger charge is 2.34. The van der Waals surface area contributed by atoms with Gasteiger partial charge in [-0.25, -0.2) is 0 Å². The third-order valence-corrected chi connectivity index (χ3v) is 3.81. The molecule has 94 valence electrons. The molecule has 0 aliphatic heterocycles. The number of benzene rings is 1. The number of hydrogen-bond acceptors (Lipinski definition) is 3. The highest BCUT2D eigenvalue weighted by molar-refractivity contribution is 5.61. The van der Waals surface area contributed by atoms with Gasteiger partial charge in [0.25, 0.3) is 0 Å². The predicted molar refractivity (Wildman–Crippen MR) is 70.2 cm³/mol. The zero-order valence-electron chi connectivity index (χ0n) is 10.5. The summed E-state index contributed by atoms with van der Waals surface area (Å²) in [6.07, 6.45) is 5.17. The summed E-state index contributed by atoms with van der Waals surface area (Å²) in [7, 11) is 0. The van der Waals surface area contributed by atoms with Gasteiger partial charge in [-0.2, -0.15) is 5.26 Å². The van der Waals surface area contributed by atoms with E-state index in [1.54, 1.807) is 0 Å². The van der Waals surface area contributed by atoms with Gasteiger partial charge in [0.1, 0.15) is 6.07 Å². The van der Waals surface area contributed by atoms with Crippen molar-refractivity contribution in [3.8, 4) is 6.07 Å². The predicted octanol–water partition coefficient (Wildman–Crippen LogP) is 2.43. The van der Waals surface area contributed by atoms with E-state index in [0.29, 0.717) is 11.6 Å². The Balaban J connectivity index is 1.89. The van der Waals surface area contributed by atoms with E-state index in [0.717, 1.165) is 23.7 Å². The lowest BCUT2D eigenvalue weighted by Crippen LogP contribution is -2.28. The summed E-state index contributed by atoms with van der Waals surface area (Å²) in [5.74, 6) is 0.828. The quantitative estimate of drug-likeness (QED) is 0.862. The standard InChI is InChI=1S/C15H18N2O/c16-8-13-7-12(10-18)3-6-15(13)17(14-4-5-14)9-11-1-2-11/h3,6-7,11,14,18H,1-2,4-5,9-10H2. The van der Waals surface area contributed by atoms with Crippen LogP contribution in [-0.4, -0.2) is 17.7 Å². The maximum absolute atomic E-state index is 9.28. The van der Waals surface area contributed by atoms with Crippen molar-refractivity contribution in [3.63, 3.8) is 0 Å². The molecular weight excluding hydrogens is 224 g/mol. The molecule has 1 N–H and O–H groups in total. The van der Waals surface area contributed by atoms with Gasteiger partial charge in [-0.3, -0.25) is 0 Å². The molecule has 1 aromatic rings. The summed E-state index contributed by atoms with van der Waals surface area (Å²) < 4.78 is 0. The largest absolute Gasteiger partial charge is 0.392 e. The molecule has 0 unspecified atom stereocenters. The van der Waals surface area contributed by atoms with E-state index in [1.165, 1.54) is 25.7 Å². The molecule has 2 saturated carbocycles. The van der Waals surface area contributed by atoms with Gasteiger partial charge in [0.15, 0.2) is 0 Å². The first kappa shape index (κ1) is 11.6. The molecule has 3 nitrogen and oxygen atoms in total. The molecule has 0 bridgehead atoms. The number of nitrogens with zero attached hydrogens (tertiary/aromatic N) is 2. The highest BCUT2D eigenvalue weighted by Crippen LogP contribution is 2.38. The second-order valence-electron chi connectivity index (χ2n) is 5.45. The minimum atomic E-state index is 0.00101. The summed E-state index contributed by atoms with van der Waals surface area (Å²) in [4.78, 5) is 2.41. The van der Waals surface area contributed by atoms with Crippen LogP contribution < -0.4 is 4.90 Å². The third kappa shape index (κ3) is 2.34. The van der Waals surface area contributed by atoms with E-state index >= 15 is 0 Å². The lowest BCUT2D eigenvalue weighted by Gasteiger charge is -2.26. The lowest BCUT2D eigenvalue weighted by atomic mass is 10.1. The Morgan fingerprint density at radius 3 is 2.61 bits per heavy atom. The van der Waals surface area contributed by atoms with Crippen LogP contribution in [0.2, 0.25) is 0 Å². The first-order chi connectivity index (χ1) is 8.81. The second-order valence-corrected chi connectivity index (χ2v) is 5.45. The Hall–Kier alpha value is -1.53. The Kier molecular flexibility index (Phi) is 2.97. The van der Waals surface area contributed by atoms with Gasteiger partial charge in [-0.05, 0) is 49.3 Å². The van der Waals surface area contributed by atoms with Gasteiger partial charge in [-0.15, -0.1) is 0 Å². The average Bonchev–Trinajstić information content (AvgIpc) is 3.28. The van der Waals surface area contributed by atoms with Gasteiger partial charge in [0, 0.05) is 12.6 Å². The van der Waals surface area contributed by atoms with E-state index in [2.05, 4.69) is 11.0 Å². The molecule has 0 radical (unpaired) electrons. The molecule has 3 heteroatoms. The Labute approximate surface area is 108 Å². The van der Waals surface area contributed by atoms with Crippen molar-refractivity contribution in [2.45, 2.75) is 38.3 Å². The summed E-state index contributed by atoms with van der Waals surface area (Å²) in [6, 6.07) is 8.66. The maximum Gasteiger partial charge on any atom is 0.101 e. The van der Waals surface area contributed by atoms with Gasteiger partial charge in [-0.1, -0.05) is 6.07 Å². The summed E-state index contributed by atoms with van der Waals surface area (Å²) in [6.45, 7) is 1.10. The average molecular weight is 242 g/mol. The van der Waals surface area contributed by atoms with Crippen molar-refractivity contribution < 1.29 is 5.11 Å². The highest BCUT2D eigenvalue weighted by atomic mass is 16.3. The second kappa shape index (κ2) is 4.62. The molecule has 1 aromatic carbocycles.